The van der Waals surface area contributed by atoms with Crippen molar-refractivity contribution in [3.63, 3.8) is 0 Å². The fourth-order valence-corrected chi connectivity index (χ4v) is 4.72. The van der Waals surface area contributed by atoms with E-state index in [4.69, 9.17) is 18.9 Å². The Hall–Kier alpha value is -4.75. The van der Waals surface area contributed by atoms with Crippen LogP contribution in [0.4, 0.5) is 23.2 Å². The largest absolute Gasteiger partial charge is 0.464 e. The zero-order valence-corrected chi connectivity index (χ0v) is 29.2. The normalized spacial score (nSPS) is 13.0. The van der Waals surface area contributed by atoms with E-state index in [9.17, 15) is 24.0 Å². The van der Waals surface area contributed by atoms with Crippen LogP contribution in [-0.4, -0.2) is 84.5 Å². The number of methoxy groups -OCH3 is 1. The molecule has 0 saturated heterocycles. The van der Waals surface area contributed by atoms with Gasteiger partial charge in [0.25, 0.3) is 5.92 Å². The van der Waals surface area contributed by atoms with E-state index < -0.39 is 84.7 Å². The molecule has 0 aliphatic heterocycles. The molecule has 0 unspecified atom stereocenters. The molecule has 0 aliphatic carbocycles. The van der Waals surface area contributed by atoms with E-state index in [0.29, 0.717) is 11.1 Å². The molecule has 0 radical (unpaired) electrons. The molecule has 0 spiro atoms. The molecule has 270 valence electrons. The van der Waals surface area contributed by atoms with Gasteiger partial charge in [-0.2, -0.15) is 4.90 Å². The van der Waals surface area contributed by atoms with Gasteiger partial charge in [-0.15, -0.1) is 0 Å². The summed E-state index contributed by atoms with van der Waals surface area (Å²) in [4.78, 5) is 65.5. The predicted octanol–water partition coefficient (Wildman–Crippen LogP) is 6.18. The van der Waals surface area contributed by atoms with E-state index >= 15 is 8.78 Å². The van der Waals surface area contributed by atoms with Crippen molar-refractivity contribution < 1.29 is 51.7 Å². The summed E-state index contributed by atoms with van der Waals surface area (Å²) in [6.07, 6.45) is -6.05. The maximum atomic E-state index is 15.7. The van der Waals surface area contributed by atoms with Gasteiger partial charge in [0, 0.05) is 25.3 Å². The number of halogens is 2. The second kappa shape index (κ2) is 17.6. The Bertz CT molecular complexity index is 1340. The van der Waals surface area contributed by atoms with Crippen LogP contribution in [-0.2, 0) is 28.5 Å². The highest BCUT2D eigenvalue weighted by Gasteiger charge is 2.46. The molecule has 0 bridgehead atoms. The number of nitrogens with one attached hydrogen (secondary N) is 2. The summed E-state index contributed by atoms with van der Waals surface area (Å²) in [6, 6.07) is 14.3. The predicted molar refractivity (Wildman–Crippen MR) is 176 cm³/mol. The van der Waals surface area contributed by atoms with Crippen molar-refractivity contribution >= 4 is 30.2 Å². The molecule has 2 rings (SSSR count). The Morgan fingerprint density at radius 1 is 0.796 bits per heavy atom. The number of carbonyl (C=O) groups excluding carboxylic acids is 5. The molecule has 0 fully saturated rings. The highest BCUT2D eigenvalue weighted by molar-refractivity contribution is 5.94. The van der Waals surface area contributed by atoms with Crippen LogP contribution in [0.25, 0.3) is 0 Å². The highest BCUT2D eigenvalue weighted by atomic mass is 19.3. The first kappa shape index (κ1) is 40.4. The fraction of sp³-hybridized carbons (Fsp3) is 0.514. The first-order valence-electron chi connectivity index (χ1n) is 15.8. The first-order valence-corrected chi connectivity index (χ1v) is 15.8. The molecule has 2 atom stereocenters. The Balaban J connectivity index is 2.37. The van der Waals surface area contributed by atoms with Gasteiger partial charge in [-0.25, -0.2) is 28.0 Å². The molecule has 0 aromatic heterocycles. The Morgan fingerprint density at radius 3 is 1.67 bits per heavy atom. The smallest absolute Gasteiger partial charge is 0.420 e. The van der Waals surface area contributed by atoms with Gasteiger partial charge in [-0.3, -0.25) is 4.79 Å². The van der Waals surface area contributed by atoms with E-state index in [1.165, 1.54) is 48.5 Å². The number of hydrogen-bond acceptors (Lipinski definition) is 9. The zero-order valence-electron chi connectivity index (χ0n) is 29.2. The van der Waals surface area contributed by atoms with Gasteiger partial charge in [0.1, 0.15) is 23.3 Å². The summed E-state index contributed by atoms with van der Waals surface area (Å²) in [5, 5.41) is 4.97. The third kappa shape index (κ3) is 13.3. The van der Waals surface area contributed by atoms with Crippen LogP contribution in [0.1, 0.15) is 78.4 Å². The molecule has 0 saturated carbocycles. The number of rotatable bonds is 13. The summed E-state index contributed by atoms with van der Waals surface area (Å²) < 4.78 is 51.6. The number of benzene rings is 2. The van der Waals surface area contributed by atoms with E-state index in [1.54, 1.807) is 60.7 Å². The van der Waals surface area contributed by atoms with E-state index in [0.717, 1.165) is 7.11 Å². The summed E-state index contributed by atoms with van der Waals surface area (Å²) >= 11 is 0. The second-order valence-electron chi connectivity index (χ2n) is 13.1. The van der Waals surface area contributed by atoms with Gasteiger partial charge in [0.15, 0.2) is 0 Å². The van der Waals surface area contributed by atoms with Crippen molar-refractivity contribution in [2.24, 2.45) is 0 Å². The molecule has 14 heteroatoms. The van der Waals surface area contributed by atoms with Gasteiger partial charge in [0.2, 0.25) is 5.91 Å². The number of alkyl halides is 2. The third-order valence-electron chi connectivity index (χ3n) is 6.72. The van der Waals surface area contributed by atoms with Crippen LogP contribution in [0, 0.1) is 0 Å². The number of esters is 1. The average Bonchev–Trinajstić information content (AvgIpc) is 2.99. The van der Waals surface area contributed by atoms with Gasteiger partial charge in [0.05, 0.1) is 13.7 Å². The zero-order chi connectivity index (χ0) is 37.0. The minimum absolute atomic E-state index is 0.196. The van der Waals surface area contributed by atoms with Gasteiger partial charge < -0.3 is 29.6 Å². The van der Waals surface area contributed by atoms with Crippen LogP contribution in [0.5, 0.6) is 0 Å². The number of ether oxygens (including phenoxy) is 4. The van der Waals surface area contributed by atoms with Crippen LogP contribution >= 0.6 is 0 Å². The quantitative estimate of drug-likeness (QED) is 0.186. The lowest BCUT2D eigenvalue weighted by Crippen LogP contribution is -2.54. The molecule has 2 N–H and O–H groups in total. The van der Waals surface area contributed by atoms with Crippen LogP contribution in [0.3, 0.4) is 0 Å². The van der Waals surface area contributed by atoms with Gasteiger partial charge in [-0.05, 0) is 59.6 Å². The maximum Gasteiger partial charge on any atom is 0.420 e. The average molecular weight is 692 g/mol. The number of nitrogens with zero attached hydrogens (tertiary/aromatic N) is 1. The molecule has 49 heavy (non-hydrogen) atoms. The van der Waals surface area contributed by atoms with Crippen LogP contribution < -0.4 is 10.6 Å². The van der Waals surface area contributed by atoms with Crippen LogP contribution in [0.2, 0.25) is 0 Å². The van der Waals surface area contributed by atoms with Crippen molar-refractivity contribution in [1.29, 1.82) is 0 Å². The Labute approximate surface area is 285 Å². The number of carbonyl (C=O) groups is 5. The van der Waals surface area contributed by atoms with Crippen molar-refractivity contribution in [2.75, 3.05) is 20.3 Å². The van der Waals surface area contributed by atoms with E-state index in [-0.39, 0.29) is 11.5 Å². The van der Waals surface area contributed by atoms with E-state index in [1.807, 2.05) is 0 Å². The first-order chi connectivity index (χ1) is 22.8. The summed E-state index contributed by atoms with van der Waals surface area (Å²) in [5.74, 6) is -6.54. The maximum absolute atomic E-state index is 15.7. The van der Waals surface area contributed by atoms with Crippen molar-refractivity contribution in [2.45, 2.75) is 96.4 Å². The minimum Gasteiger partial charge on any atom is -0.464 e. The second-order valence-corrected chi connectivity index (χ2v) is 13.1. The fourth-order valence-electron chi connectivity index (χ4n) is 4.72. The van der Waals surface area contributed by atoms with Crippen molar-refractivity contribution in [1.82, 2.24) is 15.5 Å². The lowest BCUT2D eigenvalue weighted by atomic mass is 9.84. The molecule has 0 heterocycles. The summed E-state index contributed by atoms with van der Waals surface area (Å²) in [5.41, 5.74) is -0.986. The number of imide groups is 1. The topological polar surface area (TPSA) is 150 Å². The SMILES string of the molecule is CCOC(=O)[C@H](CC(F)(F)CCNC(=O)[C@@H](NC(=O)OC)C(c1ccccc1)c1ccccc1)N(C(=O)OC(C)(C)C)C(=O)OC(C)(C)C. The molecule has 12 nitrogen and oxygen atoms in total. The molecular weight excluding hydrogens is 644 g/mol. The van der Waals surface area contributed by atoms with E-state index in [2.05, 4.69) is 10.6 Å². The van der Waals surface area contributed by atoms with Crippen molar-refractivity contribution in [3.8, 4) is 0 Å². The lowest BCUT2D eigenvalue weighted by Gasteiger charge is -2.33. The Kier molecular flexibility index (Phi) is 14.5. The van der Waals surface area contributed by atoms with Gasteiger partial charge in [-0.1, -0.05) is 60.7 Å². The molecular formula is C35H47F2N3O9. The van der Waals surface area contributed by atoms with Gasteiger partial charge >= 0.3 is 24.2 Å². The monoisotopic (exact) mass is 691 g/mol. The molecule has 2 aromatic rings. The lowest BCUT2D eigenvalue weighted by molar-refractivity contribution is -0.153. The number of hydrogen-bond donors (Lipinski definition) is 2. The summed E-state index contributed by atoms with van der Waals surface area (Å²) in [6.45, 7) is 9.57. The van der Waals surface area contributed by atoms with Crippen LogP contribution in [0.15, 0.2) is 60.7 Å². The highest BCUT2D eigenvalue weighted by Crippen LogP contribution is 2.31. The third-order valence-corrected chi connectivity index (χ3v) is 6.72. The number of amides is 4. The standard InChI is InChI=1S/C35H47F2N3O9/c1-9-47-29(42)25(40(31(44)48-33(2,3)4)32(45)49-34(5,6)7)22-35(36,37)20-21-38-28(41)27(39-30(43)46-8)26(23-16-12-10-13-17-23)24-18-14-11-15-19-24/h10-19,25-27H,9,20-22H2,1-8H3,(H,38,41)(H,39,43)/t25-,27-/m0/s1. The Morgan fingerprint density at radius 2 is 1.27 bits per heavy atom. The van der Waals surface area contributed by atoms with Crippen molar-refractivity contribution in [3.05, 3.63) is 71.8 Å². The minimum atomic E-state index is -3.74. The molecule has 2 aromatic carbocycles. The summed E-state index contributed by atoms with van der Waals surface area (Å²) in [7, 11) is 1.13. The molecule has 4 amide bonds. The number of alkyl carbamates (subject to hydrolysis) is 1. The molecule has 0 aliphatic rings.